The maximum Gasteiger partial charge on any atom is 0.127 e. The zero-order valence-corrected chi connectivity index (χ0v) is 10.1. The highest BCUT2D eigenvalue weighted by Gasteiger charge is 2.03. The van der Waals surface area contributed by atoms with E-state index in [2.05, 4.69) is 10.3 Å². The van der Waals surface area contributed by atoms with Gasteiger partial charge in [0.1, 0.15) is 5.82 Å². The molecule has 0 radical (unpaired) electrons. The minimum atomic E-state index is 0.540. The maximum atomic E-state index is 8.73. The summed E-state index contributed by atoms with van der Waals surface area (Å²) in [5.41, 5.74) is 1.35. The molecule has 0 fully saturated rings. The van der Waals surface area contributed by atoms with Gasteiger partial charge in [0.15, 0.2) is 0 Å². The number of aryl methyl sites for hydroxylation is 1. The first-order valence-corrected chi connectivity index (χ1v) is 5.48. The van der Waals surface area contributed by atoms with Gasteiger partial charge in [0.2, 0.25) is 0 Å². The summed E-state index contributed by atoms with van der Waals surface area (Å²) in [6.45, 7) is 0.592. The fraction of sp³-hybridized carbons (Fsp3) is 0.167. The SMILES string of the molecule is Cn1ccnc1CNc1ccc(C#N)cc1Cl. The quantitative estimate of drug-likeness (QED) is 0.906. The summed E-state index contributed by atoms with van der Waals surface area (Å²) in [5.74, 6) is 0.922. The van der Waals surface area contributed by atoms with Crippen LogP contribution in [0.4, 0.5) is 5.69 Å². The van der Waals surface area contributed by atoms with Gasteiger partial charge in [-0.1, -0.05) is 11.6 Å². The first-order valence-electron chi connectivity index (χ1n) is 5.10. The van der Waals surface area contributed by atoms with E-state index in [0.717, 1.165) is 11.5 Å². The largest absolute Gasteiger partial charge is 0.377 e. The molecule has 2 aromatic rings. The number of hydrogen-bond donors (Lipinski definition) is 1. The second-order valence-corrected chi connectivity index (χ2v) is 4.02. The summed E-state index contributed by atoms with van der Waals surface area (Å²) in [6, 6.07) is 7.21. The number of halogens is 1. The van der Waals surface area contributed by atoms with Crippen LogP contribution in [0.15, 0.2) is 30.6 Å². The van der Waals surface area contributed by atoms with E-state index in [4.69, 9.17) is 16.9 Å². The zero-order valence-electron chi connectivity index (χ0n) is 9.31. The monoisotopic (exact) mass is 246 g/mol. The van der Waals surface area contributed by atoms with E-state index in [9.17, 15) is 0 Å². The van der Waals surface area contributed by atoms with Crippen molar-refractivity contribution in [3.05, 3.63) is 47.0 Å². The molecule has 1 aromatic heterocycles. The number of rotatable bonds is 3. The summed E-state index contributed by atoms with van der Waals surface area (Å²) < 4.78 is 1.94. The fourth-order valence-corrected chi connectivity index (χ4v) is 1.72. The van der Waals surface area contributed by atoms with Gasteiger partial charge in [-0.3, -0.25) is 0 Å². The van der Waals surface area contributed by atoms with Crippen LogP contribution in [-0.2, 0) is 13.6 Å². The van der Waals surface area contributed by atoms with Crippen LogP contribution in [0.25, 0.3) is 0 Å². The molecule has 0 aliphatic rings. The van der Waals surface area contributed by atoms with E-state index in [1.165, 1.54) is 0 Å². The first-order chi connectivity index (χ1) is 8.20. The molecule has 0 spiro atoms. The molecule has 86 valence electrons. The summed E-state index contributed by atoms with van der Waals surface area (Å²) >= 11 is 6.05. The molecule has 4 nitrogen and oxygen atoms in total. The smallest absolute Gasteiger partial charge is 0.127 e. The van der Waals surface area contributed by atoms with Crippen LogP contribution in [-0.4, -0.2) is 9.55 Å². The highest BCUT2D eigenvalue weighted by Crippen LogP contribution is 2.23. The number of imidazole rings is 1. The molecular formula is C12H11ClN4. The number of nitriles is 1. The average molecular weight is 247 g/mol. The molecule has 2 rings (SSSR count). The number of anilines is 1. The molecule has 0 saturated carbocycles. The summed E-state index contributed by atoms with van der Waals surface area (Å²) in [4.78, 5) is 4.20. The Labute approximate surface area is 104 Å². The third-order valence-corrected chi connectivity index (χ3v) is 2.77. The molecule has 5 heteroatoms. The number of aromatic nitrogens is 2. The Hall–Kier alpha value is -1.99. The molecular weight excluding hydrogens is 236 g/mol. The van der Waals surface area contributed by atoms with Crippen molar-refractivity contribution >= 4 is 17.3 Å². The van der Waals surface area contributed by atoms with Gasteiger partial charge < -0.3 is 9.88 Å². The normalized spacial score (nSPS) is 9.94. The minimum Gasteiger partial charge on any atom is -0.377 e. The topological polar surface area (TPSA) is 53.6 Å². The van der Waals surface area contributed by atoms with Crippen molar-refractivity contribution in [2.24, 2.45) is 7.05 Å². The number of benzene rings is 1. The molecule has 0 amide bonds. The highest BCUT2D eigenvalue weighted by molar-refractivity contribution is 6.33. The van der Waals surface area contributed by atoms with Crippen molar-refractivity contribution in [1.82, 2.24) is 9.55 Å². The Balaban J connectivity index is 2.10. The van der Waals surface area contributed by atoms with Gasteiger partial charge in [0.25, 0.3) is 0 Å². The molecule has 0 unspecified atom stereocenters. The Morgan fingerprint density at radius 2 is 2.35 bits per heavy atom. The van der Waals surface area contributed by atoms with Crippen molar-refractivity contribution in [1.29, 1.82) is 5.26 Å². The maximum absolute atomic E-state index is 8.73. The molecule has 0 atom stereocenters. The second kappa shape index (κ2) is 4.89. The van der Waals surface area contributed by atoms with Gasteiger partial charge in [-0.15, -0.1) is 0 Å². The third-order valence-electron chi connectivity index (χ3n) is 2.46. The molecule has 1 aromatic carbocycles. The lowest BCUT2D eigenvalue weighted by Crippen LogP contribution is -2.05. The van der Waals surface area contributed by atoms with Crippen LogP contribution in [0.1, 0.15) is 11.4 Å². The Kier molecular flexibility index (Phi) is 3.31. The van der Waals surface area contributed by atoms with E-state index in [1.54, 1.807) is 24.4 Å². The lowest BCUT2D eigenvalue weighted by Gasteiger charge is -2.08. The number of hydrogen-bond acceptors (Lipinski definition) is 3. The molecule has 1 N–H and O–H groups in total. The van der Waals surface area contributed by atoms with Crippen molar-refractivity contribution < 1.29 is 0 Å². The minimum absolute atomic E-state index is 0.540. The van der Waals surface area contributed by atoms with E-state index in [1.807, 2.05) is 23.9 Å². The van der Waals surface area contributed by atoms with Crippen molar-refractivity contribution in [3.63, 3.8) is 0 Å². The van der Waals surface area contributed by atoms with Gasteiger partial charge >= 0.3 is 0 Å². The van der Waals surface area contributed by atoms with Crippen molar-refractivity contribution in [2.75, 3.05) is 5.32 Å². The average Bonchev–Trinajstić information content (AvgIpc) is 2.73. The Bertz CT molecular complexity index is 568. The number of nitrogens with one attached hydrogen (secondary N) is 1. The summed E-state index contributed by atoms with van der Waals surface area (Å²) in [6.07, 6.45) is 3.63. The van der Waals surface area contributed by atoms with Gasteiger partial charge in [0.05, 0.1) is 28.9 Å². The van der Waals surface area contributed by atoms with Crippen molar-refractivity contribution in [3.8, 4) is 6.07 Å². The van der Waals surface area contributed by atoms with E-state index < -0.39 is 0 Å². The summed E-state index contributed by atoms with van der Waals surface area (Å²) in [5, 5.41) is 12.4. The van der Waals surface area contributed by atoms with Crippen LogP contribution < -0.4 is 5.32 Å². The standard InChI is InChI=1S/C12H11ClN4/c1-17-5-4-15-12(17)8-16-11-3-2-9(7-14)6-10(11)13/h2-6,16H,8H2,1H3. The third kappa shape index (κ3) is 2.58. The van der Waals surface area contributed by atoms with E-state index in [0.29, 0.717) is 17.1 Å². The molecule has 0 aliphatic carbocycles. The van der Waals surface area contributed by atoms with Gasteiger partial charge in [-0.2, -0.15) is 5.26 Å². The lowest BCUT2D eigenvalue weighted by atomic mass is 10.2. The first kappa shape index (κ1) is 11.5. The van der Waals surface area contributed by atoms with E-state index >= 15 is 0 Å². The molecule has 17 heavy (non-hydrogen) atoms. The molecule has 0 aliphatic heterocycles. The fourth-order valence-electron chi connectivity index (χ4n) is 1.47. The lowest BCUT2D eigenvalue weighted by molar-refractivity contribution is 0.813. The van der Waals surface area contributed by atoms with Crippen LogP contribution in [0, 0.1) is 11.3 Å². The van der Waals surface area contributed by atoms with E-state index in [-0.39, 0.29) is 0 Å². The zero-order chi connectivity index (χ0) is 12.3. The van der Waals surface area contributed by atoms with Gasteiger partial charge in [0, 0.05) is 19.4 Å². The predicted octanol–water partition coefficient (Wildman–Crippen LogP) is 2.56. The Morgan fingerprint density at radius 3 is 2.94 bits per heavy atom. The van der Waals surface area contributed by atoms with Crippen molar-refractivity contribution in [2.45, 2.75) is 6.54 Å². The Morgan fingerprint density at radius 1 is 1.53 bits per heavy atom. The highest BCUT2D eigenvalue weighted by atomic mass is 35.5. The van der Waals surface area contributed by atoms with Crippen LogP contribution in [0.5, 0.6) is 0 Å². The van der Waals surface area contributed by atoms with Gasteiger partial charge in [-0.05, 0) is 18.2 Å². The van der Waals surface area contributed by atoms with Crippen LogP contribution in [0.2, 0.25) is 5.02 Å². The molecule has 0 saturated heterocycles. The van der Waals surface area contributed by atoms with Crippen LogP contribution >= 0.6 is 11.6 Å². The van der Waals surface area contributed by atoms with Gasteiger partial charge in [-0.25, -0.2) is 4.98 Å². The van der Waals surface area contributed by atoms with Crippen LogP contribution in [0.3, 0.4) is 0 Å². The second-order valence-electron chi connectivity index (χ2n) is 3.61. The predicted molar refractivity (Wildman–Crippen MR) is 66.7 cm³/mol. The molecule has 0 bridgehead atoms. The number of nitrogens with zero attached hydrogens (tertiary/aromatic N) is 3. The summed E-state index contributed by atoms with van der Waals surface area (Å²) in [7, 11) is 1.93. The molecule has 1 heterocycles.